The molecule has 0 aliphatic rings. The first kappa shape index (κ1) is 86.1. The molecule has 0 aromatic carbocycles. The van der Waals surface area contributed by atoms with Crippen molar-refractivity contribution in [2.24, 2.45) is 0 Å². The molecule has 0 aliphatic heterocycles. The second kappa shape index (κ2) is 77.5. The van der Waals surface area contributed by atoms with E-state index in [2.05, 4.69) is 43.5 Å². The van der Waals surface area contributed by atoms with Crippen LogP contribution >= 0.6 is 0 Å². The van der Waals surface area contributed by atoms with Gasteiger partial charge in [-0.3, -0.25) is 9.59 Å². The second-order valence-electron chi connectivity index (χ2n) is 27.7. The highest BCUT2D eigenvalue weighted by Crippen LogP contribution is 2.20. The summed E-state index contributed by atoms with van der Waals surface area (Å²) < 4.78 is 5.52. The lowest BCUT2D eigenvalue weighted by molar-refractivity contribution is -0.143. The molecule has 6 heteroatoms. The molecule has 6 nitrogen and oxygen atoms in total. The minimum atomic E-state index is -0.843. The van der Waals surface area contributed by atoms with Crippen LogP contribution in [0.3, 0.4) is 0 Å². The molecule has 0 saturated carbocycles. The van der Waals surface area contributed by atoms with E-state index in [9.17, 15) is 19.8 Å². The number of aliphatic hydroxyl groups excluding tert-OH is 2. The third kappa shape index (κ3) is 73.1. The maximum atomic E-state index is 12.5. The molecule has 0 aromatic rings. The Hall–Kier alpha value is -1.92. The van der Waals surface area contributed by atoms with Crippen molar-refractivity contribution in [3.63, 3.8) is 0 Å². The molecular weight excluding hydrogens is 1080 g/mol. The van der Waals surface area contributed by atoms with Crippen molar-refractivity contribution in [3.8, 4) is 0 Å². The summed E-state index contributed by atoms with van der Waals surface area (Å²) in [6.45, 7) is 4.95. The van der Waals surface area contributed by atoms with Crippen LogP contribution < -0.4 is 5.32 Å². The predicted molar refractivity (Wildman–Crippen MR) is 389 cm³/mol. The maximum Gasteiger partial charge on any atom is 0.305 e. The van der Waals surface area contributed by atoms with E-state index in [-0.39, 0.29) is 18.5 Å². The Kier molecular flexibility index (Phi) is 75.8. The summed E-state index contributed by atoms with van der Waals surface area (Å²) in [5, 5.41) is 23.3. The van der Waals surface area contributed by atoms with Gasteiger partial charge in [-0.15, -0.1) is 0 Å². The van der Waals surface area contributed by atoms with Crippen molar-refractivity contribution in [3.05, 3.63) is 36.5 Å². The molecule has 0 saturated heterocycles. The third-order valence-electron chi connectivity index (χ3n) is 18.9. The summed E-state index contributed by atoms with van der Waals surface area (Å²) in [6.07, 6.45) is 101. The number of unbranched alkanes of at least 4 members (excludes halogenated alkanes) is 61. The number of nitrogens with one attached hydrogen (secondary N) is 1. The van der Waals surface area contributed by atoms with Gasteiger partial charge in [0.1, 0.15) is 0 Å². The van der Waals surface area contributed by atoms with Gasteiger partial charge in [-0.05, 0) is 83.5 Å². The molecule has 3 N–H and O–H groups in total. The number of esters is 1. The maximum absolute atomic E-state index is 12.5. The molecule has 0 fully saturated rings. The lowest BCUT2D eigenvalue weighted by atomic mass is 10.0. The van der Waals surface area contributed by atoms with E-state index in [1.54, 1.807) is 6.08 Å². The second-order valence-corrected chi connectivity index (χ2v) is 27.7. The smallest absolute Gasteiger partial charge is 0.305 e. The molecule has 0 rings (SSSR count). The Bertz CT molecular complexity index is 1430. The molecule has 0 spiro atoms. The molecule has 0 aromatic heterocycles. The quantitative estimate of drug-likeness (QED) is 0.0320. The van der Waals surface area contributed by atoms with Gasteiger partial charge < -0.3 is 20.3 Å². The molecule has 0 radical (unpaired) electrons. The Morgan fingerprint density at radius 3 is 0.807 bits per heavy atom. The summed E-state index contributed by atoms with van der Waals surface area (Å²) in [7, 11) is 0. The number of amides is 1. The number of allylic oxidation sites excluding steroid dienone is 5. The van der Waals surface area contributed by atoms with Gasteiger partial charge in [-0.1, -0.05) is 391 Å². The Balaban J connectivity index is 3.36. The van der Waals surface area contributed by atoms with Gasteiger partial charge >= 0.3 is 5.97 Å². The first-order chi connectivity index (χ1) is 43.5. The molecule has 0 heterocycles. The van der Waals surface area contributed by atoms with Crippen molar-refractivity contribution >= 4 is 11.9 Å². The number of aliphatic hydroxyl groups is 2. The number of hydrogen-bond donors (Lipinski definition) is 3. The monoisotopic (exact) mass is 1240 g/mol. The Morgan fingerprint density at radius 2 is 0.534 bits per heavy atom. The molecule has 0 aliphatic carbocycles. The van der Waals surface area contributed by atoms with Crippen LogP contribution in [0.1, 0.15) is 450 Å². The molecule has 0 bridgehead atoms. The number of rotatable bonds is 76. The first-order valence-corrected chi connectivity index (χ1v) is 40.3. The minimum absolute atomic E-state index is 0.0188. The summed E-state index contributed by atoms with van der Waals surface area (Å²) in [4.78, 5) is 24.7. The van der Waals surface area contributed by atoms with E-state index >= 15 is 0 Å². The topological polar surface area (TPSA) is 95.9 Å². The van der Waals surface area contributed by atoms with Crippen molar-refractivity contribution in [2.45, 2.75) is 463 Å². The summed E-state index contributed by atoms with van der Waals surface area (Å²) in [6, 6.07) is -0.626. The van der Waals surface area contributed by atoms with Gasteiger partial charge in [0.05, 0.1) is 25.4 Å². The SMILES string of the molecule is CCCCCCCC/C=C\CCCCCCCCCCCC(=O)OCCCCCCCCCCCCCC/C=C\CCCCCCCCCCCCCCCCCCCC(=O)NC(CO)C(O)/C=C/CCCCCCCCCCCCCCCCCCC. The highest BCUT2D eigenvalue weighted by molar-refractivity contribution is 5.76. The van der Waals surface area contributed by atoms with Gasteiger partial charge in [0, 0.05) is 12.8 Å². The molecular formula is C82H157NO5. The summed E-state index contributed by atoms with van der Waals surface area (Å²) >= 11 is 0. The number of ether oxygens (including phenoxy) is 1. The van der Waals surface area contributed by atoms with Crippen LogP contribution in [0.4, 0.5) is 0 Å². The van der Waals surface area contributed by atoms with Crippen molar-refractivity contribution in [1.29, 1.82) is 0 Å². The van der Waals surface area contributed by atoms with Gasteiger partial charge in [0.25, 0.3) is 0 Å². The Morgan fingerprint density at radius 1 is 0.307 bits per heavy atom. The molecule has 1 amide bonds. The fourth-order valence-electron chi connectivity index (χ4n) is 12.7. The van der Waals surface area contributed by atoms with Crippen molar-refractivity contribution < 1.29 is 24.5 Å². The average molecular weight is 1240 g/mol. The minimum Gasteiger partial charge on any atom is -0.466 e. The molecule has 2 atom stereocenters. The first-order valence-electron chi connectivity index (χ1n) is 40.3. The van der Waals surface area contributed by atoms with Crippen LogP contribution in [-0.4, -0.2) is 47.4 Å². The van der Waals surface area contributed by atoms with Crippen LogP contribution in [0, 0.1) is 0 Å². The van der Waals surface area contributed by atoms with Crippen LogP contribution in [-0.2, 0) is 14.3 Å². The van der Waals surface area contributed by atoms with E-state index in [0.29, 0.717) is 19.4 Å². The van der Waals surface area contributed by atoms with E-state index in [0.717, 1.165) is 38.5 Å². The predicted octanol–water partition coefficient (Wildman–Crippen LogP) is 26.6. The highest BCUT2D eigenvalue weighted by Gasteiger charge is 2.18. The van der Waals surface area contributed by atoms with E-state index in [1.807, 2.05) is 6.08 Å². The molecule has 2 unspecified atom stereocenters. The summed E-state index contributed by atoms with van der Waals surface area (Å²) in [5.41, 5.74) is 0. The van der Waals surface area contributed by atoms with Gasteiger partial charge in [0.2, 0.25) is 5.91 Å². The largest absolute Gasteiger partial charge is 0.466 e. The van der Waals surface area contributed by atoms with Crippen LogP contribution in [0.25, 0.3) is 0 Å². The van der Waals surface area contributed by atoms with Gasteiger partial charge in [-0.2, -0.15) is 0 Å². The average Bonchev–Trinajstić information content (AvgIpc) is 3.58. The Labute approximate surface area is 551 Å². The van der Waals surface area contributed by atoms with Crippen LogP contribution in [0.15, 0.2) is 36.5 Å². The zero-order valence-electron chi connectivity index (χ0n) is 59.7. The molecule has 88 heavy (non-hydrogen) atoms. The van der Waals surface area contributed by atoms with E-state index in [4.69, 9.17) is 4.74 Å². The zero-order chi connectivity index (χ0) is 63.5. The fraction of sp³-hybridized carbons (Fsp3) is 0.902. The number of carbonyl (C=O) groups excluding carboxylic acids is 2. The lowest BCUT2D eigenvalue weighted by Gasteiger charge is -2.20. The van der Waals surface area contributed by atoms with Crippen molar-refractivity contribution in [2.75, 3.05) is 13.2 Å². The van der Waals surface area contributed by atoms with Crippen molar-refractivity contribution in [1.82, 2.24) is 5.32 Å². The van der Waals surface area contributed by atoms with Gasteiger partial charge in [0.15, 0.2) is 0 Å². The summed E-state index contributed by atoms with van der Waals surface area (Å²) in [5.74, 6) is -0.0420. The normalized spacial score (nSPS) is 12.6. The fourth-order valence-corrected chi connectivity index (χ4v) is 12.7. The number of carbonyl (C=O) groups is 2. The third-order valence-corrected chi connectivity index (χ3v) is 18.9. The van der Waals surface area contributed by atoms with Crippen LogP contribution in [0.2, 0.25) is 0 Å². The van der Waals surface area contributed by atoms with Crippen LogP contribution in [0.5, 0.6) is 0 Å². The molecule has 520 valence electrons. The zero-order valence-corrected chi connectivity index (χ0v) is 59.7. The standard InChI is InChI=1S/C82H157NO5/c1-3-5-7-9-11-13-15-17-19-21-38-42-46-50-54-58-62-66-70-74-80(85)79(78-84)83-81(86)75-71-67-63-59-55-51-47-43-40-36-34-32-30-28-26-24-23-25-27-29-31-33-35-37-41-45-49-53-57-61-65-69-73-77-88-82(87)76-72-68-64-60-56-52-48-44-39-22-20-18-16-14-12-10-8-6-4-2/h18,20,27,29,70,74,79-80,84-85H,3-17,19,21-26,28,30-69,71-73,75-78H2,1-2H3,(H,83,86)/b20-18-,29-27-,74-70+. The van der Waals surface area contributed by atoms with Gasteiger partial charge in [-0.25, -0.2) is 0 Å². The highest BCUT2D eigenvalue weighted by atomic mass is 16.5. The number of hydrogen-bond acceptors (Lipinski definition) is 5. The van der Waals surface area contributed by atoms with E-state index in [1.165, 1.54) is 385 Å². The van der Waals surface area contributed by atoms with E-state index < -0.39 is 12.1 Å². The lowest BCUT2D eigenvalue weighted by Crippen LogP contribution is -2.45.